The lowest BCUT2D eigenvalue weighted by Crippen LogP contribution is -2.36. The van der Waals surface area contributed by atoms with E-state index in [1.165, 1.54) is 5.56 Å². The highest BCUT2D eigenvalue weighted by molar-refractivity contribution is 5.85. The second-order valence-corrected chi connectivity index (χ2v) is 3.78. The smallest absolute Gasteiger partial charge is 0.233 e. The topological polar surface area (TPSA) is 58.4 Å². The maximum absolute atomic E-state index is 10.9. The molecule has 0 aliphatic carbocycles. The van der Waals surface area contributed by atoms with E-state index < -0.39 is 0 Å². The van der Waals surface area contributed by atoms with Crippen molar-refractivity contribution in [1.29, 1.82) is 0 Å². The van der Waals surface area contributed by atoms with E-state index in [0.717, 1.165) is 13.1 Å². The molecule has 0 atom stereocenters. The van der Waals surface area contributed by atoms with E-state index in [-0.39, 0.29) is 37.3 Å². The number of amides is 1. The second kappa shape index (κ2) is 11.3. The molecule has 0 spiro atoms. The van der Waals surface area contributed by atoms with Crippen molar-refractivity contribution >= 4 is 30.7 Å². The summed E-state index contributed by atoms with van der Waals surface area (Å²) in [6.07, 6.45) is 0. The molecule has 0 aliphatic rings. The van der Waals surface area contributed by atoms with E-state index >= 15 is 0 Å². The van der Waals surface area contributed by atoms with Gasteiger partial charge in [-0.1, -0.05) is 30.3 Å². The lowest BCUT2D eigenvalue weighted by molar-refractivity contribution is -0.119. The van der Waals surface area contributed by atoms with Gasteiger partial charge in [0.2, 0.25) is 5.91 Å². The number of carbonyl (C=O) groups is 1. The van der Waals surface area contributed by atoms with Crippen molar-refractivity contribution < 1.29 is 4.79 Å². The predicted molar refractivity (Wildman–Crippen MR) is 79.3 cm³/mol. The van der Waals surface area contributed by atoms with E-state index in [9.17, 15) is 4.79 Å². The van der Waals surface area contributed by atoms with Gasteiger partial charge in [-0.3, -0.25) is 4.79 Å². The molecule has 0 unspecified atom stereocenters. The summed E-state index contributed by atoms with van der Waals surface area (Å²) in [5.74, 6) is -0.104. The average Bonchev–Trinajstić information content (AvgIpc) is 2.30. The largest absolute Gasteiger partial charge is 0.354 e. The predicted octanol–water partition coefficient (Wildman–Crippen LogP) is 1.04. The molecule has 0 radical (unpaired) electrons. The normalized spacial score (nSPS) is 9.28. The first-order valence-corrected chi connectivity index (χ1v) is 5.41. The van der Waals surface area contributed by atoms with Crippen molar-refractivity contribution in [3.63, 3.8) is 0 Å². The van der Waals surface area contributed by atoms with E-state index in [1.54, 1.807) is 0 Å². The van der Waals surface area contributed by atoms with Crippen molar-refractivity contribution in [3.05, 3.63) is 35.9 Å². The number of hydrogen-bond donors (Lipinski definition) is 2. The van der Waals surface area contributed by atoms with Gasteiger partial charge in [0.1, 0.15) is 0 Å². The van der Waals surface area contributed by atoms with Crippen LogP contribution in [0.1, 0.15) is 5.56 Å². The molecule has 1 aromatic rings. The number of halogens is 2. The van der Waals surface area contributed by atoms with Crippen molar-refractivity contribution in [2.24, 2.45) is 5.73 Å². The van der Waals surface area contributed by atoms with Crippen LogP contribution >= 0.6 is 24.8 Å². The molecule has 0 heterocycles. The molecule has 104 valence electrons. The lowest BCUT2D eigenvalue weighted by Gasteiger charge is -2.16. The zero-order valence-electron chi connectivity index (χ0n) is 10.5. The Labute approximate surface area is 121 Å². The van der Waals surface area contributed by atoms with Gasteiger partial charge in [0.15, 0.2) is 0 Å². The Kier molecular flexibility index (Phi) is 12.2. The van der Waals surface area contributed by atoms with Gasteiger partial charge in [0.25, 0.3) is 0 Å². The van der Waals surface area contributed by atoms with Crippen molar-refractivity contribution in [3.8, 4) is 0 Å². The molecule has 0 saturated heterocycles. The zero-order chi connectivity index (χ0) is 11.8. The number of likely N-dealkylation sites (N-methyl/N-ethyl adjacent to an activating group) is 1. The van der Waals surface area contributed by atoms with Gasteiger partial charge in [-0.2, -0.15) is 0 Å². The van der Waals surface area contributed by atoms with Gasteiger partial charge in [-0.25, -0.2) is 0 Å². The summed E-state index contributed by atoms with van der Waals surface area (Å²) in [5, 5.41) is 2.74. The Balaban J connectivity index is 0. The molecule has 6 heteroatoms. The average molecular weight is 294 g/mol. The van der Waals surface area contributed by atoms with E-state index in [2.05, 4.69) is 22.3 Å². The highest BCUT2D eigenvalue weighted by Gasteiger charge is 2.00. The highest BCUT2D eigenvalue weighted by Crippen LogP contribution is 2.01. The Morgan fingerprint density at radius 1 is 1.28 bits per heavy atom. The lowest BCUT2D eigenvalue weighted by atomic mass is 10.2. The molecule has 18 heavy (non-hydrogen) atoms. The zero-order valence-corrected chi connectivity index (χ0v) is 12.1. The molecule has 0 bridgehead atoms. The molecule has 0 aromatic heterocycles. The Morgan fingerprint density at radius 3 is 2.44 bits per heavy atom. The summed E-state index contributed by atoms with van der Waals surface area (Å²) in [7, 11) is 2.03. The first-order valence-electron chi connectivity index (χ1n) is 5.41. The van der Waals surface area contributed by atoms with Gasteiger partial charge in [-0.15, -0.1) is 24.8 Å². The highest BCUT2D eigenvalue weighted by atomic mass is 35.5. The molecule has 1 amide bonds. The number of carbonyl (C=O) groups excluding carboxylic acids is 1. The second-order valence-electron chi connectivity index (χ2n) is 3.78. The van der Waals surface area contributed by atoms with Gasteiger partial charge < -0.3 is 16.0 Å². The molecular weight excluding hydrogens is 273 g/mol. The van der Waals surface area contributed by atoms with Crippen LogP contribution in [-0.4, -0.2) is 37.5 Å². The fourth-order valence-electron chi connectivity index (χ4n) is 1.43. The minimum absolute atomic E-state index is 0. The first-order chi connectivity index (χ1) is 7.72. The Morgan fingerprint density at radius 2 is 1.89 bits per heavy atom. The van der Waals surface area contributed by atoms with E-state index in [1.807, 2.05) is 25.2 Å². The summed E-state index contributed by atoms with van der Waals surface area (Å²) < 4.78 is 0. The first kappa shape index (κ1) is 19.5. The standard InChI is InChI=1S/C12H19N3O.2ClH/c1-15(8-7-14-12(16)9-13)10-11-5-3-2-4-6-11;;/h2-6H,7-10,13H2,1H3,(H,14,16);2*1H. The SMILES string of the molecule is CN(CCNC(=O)CN)Cc1ccccc1.Cl.Cl. The van der Waals surface area contributed by atoms with Crippen LogP contribution < -0.4 is 11.1 Å². The third-order valence-corrected chi connectivity index (χ3v) is 2.30. The minimum Gasteiger partial charge on any atom is -0.354 e. The van der Waals surface area contributed by atoms with E-state index in [4.69, 9.17) is 5.73 Å². The monoisotopic (exact) mass is 293 g/mol. The Bertz CT molecular complexity index is 322. The fraction of sp³-hybridized carbons (Fsp3) is 0.417. The molecule has 4 nitrogen and oxygen atoms in total. The van der Waals surface area contributed by atoms with Crippen LogP contribution in [0, 0.1) is 0 Å². The van der Waals surface area contributed by atoms with Crippen LogP contribution in [0.5, 0.6) is 0 Å². The number of benzene rings is 1. The summed E-state index contributed by atoms with van der Waals surface area (Å²) >= 11 is 0. The molecule has 0 aliphatic heterocycles. The van der Waals surface area contributed by atoms with E-state index in [0.29, 0.717) is 6.54 Å². The van der Waals surface area contributed by atoms with Gasteiger partial charge in [0.05, 0.1) is 6.54 Å². The van der Waals surface area contributed by atoms with Gasteiger partial charge >= 0.3 is 0 Å². The fourth-order valence-corrected chi connectivity index (χ4v) is 1.43. The quantitative estimate of drug-likeness (QED) is 0.824. The van der Waals surface area contributed by atoms with Gasteiger partial charge in [0, 0.05) is 19.6 Å². The van der Waals surface area contributed by atoms with Crippen LogP contribution in [0.3, 0.4) is 0 Å². The number of hydrogen-bond acceptors (Lipinski definition) is 3. The van der Waals surface area contributed by atoms with Crippen LogP contribution in [0.15, 0.2) is 30.3 Å². The van der Waals surface area contributed by atoms with Crippen LogP contribution in [0.4, 0.5) is 0 Å². The molecule has 0 fully saturated rings. The number of rotatable bonds is 6. The van der Waals surface area contributed by atoms with Crippen LogP contribution in [0.25, 0.3) is 0 Å². The van der Waals surface area contributed by atoms with Crippen molar-refractivity contribution in [1.82, 2.24) is 10.2 Å². The summed E-state index contributed by atoms with van der Waals surface area (Å²) in [4.78, 5) is 13.1. The van der Waals surface area contributed by atoms with Crippen LogP contribution in [-0.2, 0) is 11.3 Å². The van der Waals surface area contributed by atoms with Crippen LogP contribution in [0.2, 0.25) is 0 Å². The molecule has 1 aromatic carbocycles. The van der Waals surface area contributed by atoms with Gasteiger partial charge in [-0.05, 0) is 12.6 Å². The third-order valence-electron chi connectivity index (χ3n) is 2.30. The van der Waals surface area contributed by atoms with Crippen molar-refractivity contribution in [2.45, 2.75) is 6.54 Å². The minimum atomic E-state index is -0.104. The third kappa shape index (κ3) is 8.31. The summed E-state index contributed by atoms with van der Waals surface area (Å²) in [6.45, 7) is 2.40. The Hall–Kier alpha value is -0.810. The molecule has 1 rings (SSSR count). The molecular formula is C12H21Cl2N3O. The maximum atomic E-state index is 10.9. The summed E-state index contributed by atoms with van der Waals surface area (Å²) in [6, 6.07) is 10.2. The number of nitrogens with two attached hydrogens (primary N) is 1. The molecule has 0 saturated carbocycles. The molecule has 3 N–H and O–H groups in total. The number of nitrogens with one attached hydrogen (secondary N) is 1. The summed E-state index contributed by atoms with van der Waals surface area (Å²) in [5.41, 5.74) is 6.46. The number of nitrogens with zero attached hydrogens (tertiary/aromatic N) is 1. The maximum Gasteiger partial charge on any atom is 0.233 e. The van der Waals surface area contributed by atoms with Crippen molar-refractivity contribution in [2.75, 3.05) is 26.7 Å².